The van der Waals surface area contributed by atoms with Crippen LogP contribution in [-0.4, -0.2) is 0 Å². The molecule has 4 aromatic carbocycles. The molecular formula is C35H39N. The van der Waals surface area contributed by atoms with Gasteiger partial charge in [-0.15, -0.1) is 0 Å². The molecule has 0 bridgehead atoms. The van der Waals surface area contributed by atoms with Crippen LogP contribution in [0.25, 0.3) is 22.3 Å². The number of benzene rings is 4. The monoisotopic (exact) mass is 473 g/mol. The summed E-state index contributed by atoms with van der Waals surface area (Å²) in [6.45, 7) is 18.8. The van der Waals surface area contributed by atoms with Crippen molar-refractivity contribution in [3.05, 3.63) is 107 Å². The van der Waals surface area contributed by atoms with E-state index in [1.165, 1.54) is 44.5 Å². The molecule has 0 saturated heterocycles. The van der Waals surface area contributed by atoms with Gasteiger partial charge in [0.25, 0.3) is 0 Å². The van der Waals surface area contributed by atoms with Gasteiger partial charge in [0.15, 0.2) is 0 Å². The zero-order chi connectivity index (χ0) is 25.9. The summed E-state index contributed by atoms with van der Waals surface area (Å²) in [5.74, 6) is 0. The van der Waals surface area contributed by atoms with Gasteiger partial charge in [0.2, 0.25) is 0 Å². The summed E-state index contributed by atoms with van der Waals surface area (Å²) < 4.78 is 0. The highest BCUT2D eigenvalue weighted by molar-refractivity contribution is 5.85. The second kappa shape index (κ2) is 8.37. The molecule has 1 N–H and O–H groups in total. The third-order valence-electron chi connectivity index (χ3n) is 7.70. The van der Waals surface area contributed by atoms with Gasteiger partial charge in [0.1, 0.15) is 0 Å². The van der Waals surface area contributed by atoms with Gasteiger partial charge in [-0.05, 0) is 79.6 Å². The van der Waals surface area contributed by atoms with Crippen LogP contribution >= 0.6 is 0 Å². The largest absolute Gasteiger partial charge is 0.356 e. The molecule has 0 aliphatic heterocycles. The second-order valence-electron chi connectivity index (χ2n) is 12.9. The minimum Gasteiger partial charge on any atom is -0.356 e. The van der Waals surface area contributed by atoms with Crippen LogP contribution in [0.5, 0.6) is 0 Å². The van der Waals surface area contributed by atoms with Gasteiger partial charge in [-0.3, -0.25) is 0 Å². The first-order valence-electron chi connectivity index (χ1n) is 13.1. The van der Waals surface area contributed by atoms with Crippen LogP contribution in [0.2, 0.25) is 0 Å². The molecule has 0 saturated carbocycles. The van der Waals surface area contributed by atoms with Crippen LogP contribution in [0.4, 0.5) is 11.4 Å². The summed E-state index contributed by atoms with van der Waals surface area (Å²) in [5, 5.41) is 3.66. The fourth-order valence-electron chi connectivity index (χ4n) is 5.60. The minimum absolute atomic E-state index is 0.0570. The zero-order valence-corrected chi connectivity index (χ0v) is 23.1. The van der Waals surface area contributed by atoms with E-state index in [2.05, 4.69) is 146 Å². The van der Waals surface area contributed by atoms with Gasteiger partial charge in [-0.1, -0.05) is 116 Å². The molecule has 0 atom stereocenters. The quantitative estimate of drug-likeness (QED) is 0.312. The molecule has 0 fully saturated rings. The SMILES string of the molecule is CC(C)(C)c1cc2c(c(C(C)(C)C)c1)C(C)(C)c1cc(Nc3ccc(-c4ccccc4)cc3)ccc1-2. The molecule has 4 aromatic rings. The molecule has 1 nitrogen and oxygen atoms in total. The number of anilines is 2. The average molecular weight is 474 g/mol. The number of fused-ring (bicyclic) bond motifs is 3. The highest BCUT2D eigenvalue weighted by Crippen LogP contribution is 2.53. The summed E-state index contributed by atoms with van der Waals surface area (Å²) in [5.41, 5.74) is 13.4. The molecule has 0 amide bonds. The maximum absolute atomic E-state index is 3.66. The van der Waals surface area contributed by atoms with Crippen molar-refractivity contribution >= 4 is 11.4 Å². The zero-order valence-electron chi connectivity index (χ0n) is 23.1. The number of nitrogens with one attached hydrogen (secondary N) is 1. The van der Waals surface area contributed by atoms with Crippen LogP contribution in [0.3, 0.4) is 0 Å². The summed E-state index contributed by atoms with van der Waals surface area (Å²) >= 11 is 0. The molecule has 1 heteroatoms. The fraction of sp³-hybridized carbons (Fsp3) is 0.314. The first-order valence-corrected chi connectivity index (χ1v) is 13.1. The van der Waals surface area contributed by atoms with Crippen molar-refractivity contribution in [3.8, 4) is 22.3 Å². The first-order chi connectivity index (χ1) is 16.9. The molecule has 5 rings (SSSR count). The van der Waals surface area contributed by atoms with E-state index in [4.69, 9.17) is 0 Å². The summed E-state index contributed by atoms with van der Waals surface area (Å²) in [7, 11) is 0. The Morgan fingerprint density at radius 2 is 1.19 bits per heavy atom. The molecule has 0 spiro atoms. The molecule has 0 heterocycles. The standard InChI is InChI=1S/C35H39N/c1-33(2,3)25-20-29-28-19-18-27(22-30(28)35(7,8)32(29)31(21-25)34(4,5)6)36-26-16-14-24(15-17-26)23-12-10-9-11-13-23/h9-22,36H,1-8H3. The van der Waals surface area contributed by atoms with Crippen molar-refractivity contribution in [2.75, 3.05) is 5.32 Å². The molecule has 36 heavy (non-hydrogen) atoms. The van der Waals surface area contributed by atoms with E-state index in [9.17, 15) is 0 Å². The molecule has 0 aromatic heterocycles. The Kier molecular flexibility index (Phi) is 5.67. The predicted molar refractivity (Wildman–Crippen MR) is 157 cm³/mol. The van der Waals surface area contributed by atoms with E-state index in [0.717, 1.165) is 11.4 Å². The Bertz CT molecular complexity index is 1410. The lowest BCUT2D eigenvalue weighted by atomic mass is 9.71. The maximum Gasteiger partial charge on any atom is 0.0387 e. The topological polar surface area (TPSA) is 12.0 Å². The lowest BCUT2D eigenvalue weighted by Gasteiger charge is -2.32. The summed E-state index contributed by atoms with van der Waals surface area (Å²) in [6, 6.07) is 31.1. The Labute approximate surface area is 217 Å². The number of hydrogen-bond acceptors (Lipinski definition) is 1. The Hall–Kier alpha value is -3.32. The van der Waals surface area contributed by atoms with Gasteiger partial charge in [0.05, 0.1) is 0 Å². The van der Waals surface area contributed by atoms with E-state index < -0.39 is 0 Å². The van der Waals surface area contributed by atoms with E-state index >= 15 is 0 Å². The van der Waals surface area contributed by atoms with E-state index in [-0.39, 0.29) is 16.2 Å². The average Bonchev–Trinajstić information content (AvgIpc) is 3.05. The molecule has 1 aliphatic carbocycles. The van der Waals surface area contributed by atoms with Crippen molar-refractivity contribution in [1.29, 1.82) is 0 Å². The Morgan fingerprint density at radius 1 is 0.583 bits per heavy atom. The van der Waals surface area contributed by atoms with Gasteiger partial charge in [-0.2, -0.15) is 0 Å². The molecule has 1 aliphatic rings. The fourth-order valence-corrected chi connectivity index (χ4v) is 5.60. The maximum atomic E-state index is 3.66. The molecule has 0 unspecified atom stereocenters. The van der Waals surface area contributed by atoms with Crippen molar-refractivity contribution in [1.82, 2.24) is 0 Å². The predicted octanol–water partition coefficient (Wildman–Crippen LogP) is 10.00. The third kappa shape index (κ3) is 4.26. The normalized spacial score (nSPS) is 14.3. The van der Waals surface area contributed by atoms with E-state index in [1.807, 2.05) is 0 Å². The lowest BCUT2D eigenvalue weighted by Crippen LogP contribution is -2.24. The summed E-state index contributed by atoms with van der Waals surface area (Å²) in [6.07, 6.45) is 0. The first kappa shape index (κ1) is 24.4. The third-order valence-corrected chi connectivity index (χ3v) is 7.70. The van der Waals surface area contributed by atoms with Gasteiger partial charge >= 0.3 is 0 Å². The van der Waals surface area contributed by atoms with Gasteiger partial charge in [-0.25, -0.2) is 0 Å². The smallest absolute Gasteiger partial charge is 0.0387 e. The highest BCUT2D eigenvalue weighted by atomic mass is 14.9. The summed E-state index contributed by atoms with van der Waals surface area (Å²) in [4.78, 5) is 0. The minimum atomic E-state index is -0.0570. The highest BCUT2D eigenvalue weighted by Gasteiger charge is 2.40. The van der Waals surface area contributed by atoms with Crippen LogP contribution in [-0.2, 0) is 16.2 Å². The number of hydrogen-bond donors (Lipinski definition) is 1. The second-order valence-corrected chi connectivity index (χ2v) is 12.9. The van der Waals surface area contributed by atoms with Crippen LogP contribution in [0.15, 0.2) is 84.9 Å². The van der Waals surface area contributed by atoms with Crippen LogP contribution in [0.1, 0.15) is 77.6 Å². The van der Waals surface area contributed by atoms with Gasteiger partial charge in [0, 0.05) is 16.8 Å². The van der Waals surface area contributed by atoms with Crippen molar-refractivity contribution in [3.63, 3.8) is 0 Å². The number of rotatable bonds is 3. The van der Waals surface area contributed by atoms with Crippen LogP contribution in [0, 0.1) is 0 Å². The molecule has 0 radical (unpaired) electrons. The van der Waals surface area contributed by atoms with E-state index in [0.29, 0.717) is 0 Å². The van der Waals surface area contributed by atoms with Crippen molar-refractivity contribution < 1.29 is 0 Å². The van der Waals surface area contributed by atoms with Crippen molar-refractivity contribution in [2.24, 2.45) is 0 Å². The Balaban J connectivity index is 1.54. The van der Waals surface area contributed by atoms with E-state index in [1.54, 1.807) is 0 Å². The van der Waals surface area contributed by atoms with Crippen LogP contribution < -0.4 is 5.32 Å². The van der Waals surface area contributed by atoms with Gasteiger partial charge < -0.3 is 5.32 Å². The lowest BCUT2D eigenvalue weighted by molar-refractivity contribution is 0.545. The van der Waals surface area contributed by atoms with Crippen molar-refractivity contribution in [2.45, 2.75) is 71.6 Å². The molecule has 184 valence electrons. The Morgan fingerprint density at radius 3 is 1.81 bits per heavy atom. The molecular weight excluding hydrogens is 434 g/mol.